The molecule has 0 radical (unpaired) electrons. The molecular formula is C22H18N4O6S. The van der Waals surface area contributed by atoms with E-state index in [0.29, 0.717) is 28.2 Å². The van der Waals surface area contributed by atoms with E-state index in [-0.39, 0.29) is 36.1 Å². The molecule has 4 aromatic rings. The van der Waals surface area contributed by atoms with E-state index in [4.69, 9.17) is 4.42 Å². The van der Waals surface area contributed by atoms with E-state index in [1.807, 2.05) is 5.38 Å². The van der Waals surface area contributed by atoms with Crippen molar-refractivity contribution in [2.45, 2.75) is 19.4 Å². The summed E-state index contributed by atoms with van der Waals surface area (Å²) in [7, 11) is 0. The van der Waals surface area contributed by atoms with Gasteiger partial charge in [-0.15, -0.1) is 11.3 Å². The normalized spacial score (nSPS) is 10.8. The van der Waals surface area contributed by atoms with Gasteiger partial charge in [0.15, 0.2) is 5.58 Å². The smallest absolute Gasteiger partial charge is 0.407 e. The number of nitrogens with one attached hydrogen (secondary N) is 2. The quantitative estimate of drug-likeness (QED) is 0.294. The lowest BCUT2D eigenvalue weighted by molar-refractivity contribution is -0.384. The Kier molecular flexibility index (Phi) is 6.31. The number of nitro benzene ring substituents is 1. The highest BCUT2D eigenvalue weighted by Crippen LogP contribution is 2.21. The van der Waals surface area contributed by atoms with Gasteiger partial charge in [-0.3, -0.25) is 24.3 Å². The van der Waals surface area contributed by atoms with Gasteiger partial charge in [0.25, 0.3) is 11.6 Å². The molecule has 0 saturated heterocycles. The van der Waals surface area contributed by atoms with Crippen molar-refractivity contribution in [2.75, 3.05) is 10.6 Å². The number of benzene rings is 2. The first-order chi connectivity index (χ1) is 15.9. The maximum atomic E-state index is 12.3. The molecule has 0 saturated carbocycles. The minimum Gasteiger partial charge on any atom is -0.407 e. The number of aryl methyl sites for hydroxylation is 1. The number of hydrogen-bond donors (Lipinski definition) is 2. The lowest BCUT2D eigenvalue weighted by Gasteiger charge is -2.08. The van der Waals surface area contributed by atoms with Crippen LogP contribution in [0.4, 0.5) is 17.1 Å². The summed E-state index contributed by atoms with van der Waals surface area (Å²) in [6, 6.07) is 14.2. The molecule has 11 heteroatoms. The lowest BCUT2D eigenvalue weighted by Crippen LogP contribution is -2.17. The van der Waals surface area contributed by atoms with Crippen LogP contribution in [-0.2, 0) is 11.3 Å². The van der Waals surface area contributed by atoms with Crippen molar-refractivity contribution in [3.63, 3.8) is 0 Å². The van der Waals surface area contributed by atoms with Gasteiger partial charge in [0.1, 0.15) is 0 Å². The highest BCUT2D eigenvalue weighted by Gasteiger charge is 2.14. The molecule has 2 aromatic carbocycles. The number of hydrogen-bond acceptors (Lipinski definition) is 7. The summed E-state index contributed by atoms with van der Waals surface area (Å²) in [5.74, 6) is -1.06. The van der Waals surface area contributed by atoms with Gasteiger partial charge in [0, 0.05) is 30.4 Å². The van der Waals surface area contributed by atoms with Crippen molar-refractivity contribution in [2.24, 2.45) is 0 Å². The number of fused-ring (bicyclic) bond motifs is 1. The second kappa shape index (κ2) is 9.49. The number of rotatable bonds is 8. The molecule has 2 heterocycles. The number of nitro groups is 1. The standard InChI is InChI=1S/C22H18N4O6S/c27-20(23-14-5-7-15(8-6-14)24-21(28)19-3-2-12-33-19)4-1-11-25-17-10-9-16(26(30)31)13-18(17)32-22(25)29/h2-3,5-10,12-13H,1,4,11H2,(H,23,27)(H,24,28). The highest BCUT2D eigenvalue weighted by molar-refractivity contribution is 7.12. The van der Waals surface area contributed by atoms with Gasteiger partial charge in [-0.1, -0.05) is 6.07 Å². The second-order valence-electron chi connectivity index (χ2n) is 7.09. The van der Waals surface area contributed by atoms with E-state index in [1.165, 1.54) is 34.1 Å². The number of non-ortho nitro benzene ring substituents is 1. The highest BCUT2D eigenvalue weighted by atomic mass is 32.1. The lowest BCUT2D eigenvalue weighted by atomic mass is 10.2. The number of carbonyl (C=O) groups excluding carboxylic acids is 2. The van der Waals surface area contributed by atoms with Gasteiger partial charge in [0.05, 0.1) is 21.4 Å². The molecule has 0 atom stereocenters. The number of oxazole rings is 1. The zero-order valence-corrected chi connectivity index (χ0v) is 18.0. The van der Waals surface area contributed by atoms with Gasteiger partial charge in [-0.2, -0.15) is 0 Å². The molecule has 10 nitrogen and oxygen atoms in total. The maximum absolute atomic E-state index is 12.3. The van der Waals surface area contributed by atoms with Crippen LogP contribution in [0.15, 0.2) is 69.2 Å². The topological polar surface area (TPSA) is 136 Å². The van der Waals surface area contributed by atoms with Crippen molar-refractivity contribution in [1.82, 2.24) is 4.57 Å². The molecule has 2 amide bonds. The minimum atomic E-state index is -0.633. The van der Waals surface area contributed by atoms with Crippen LogP contribution in [0.25, 0.3) is 11.1 Å². The van der Waals surface area contributed by atoms with E-state index in [1.54, 1.807) is 36.4 Å². The van der Waals surface area contributed by atoms with E-state index < -0.39 is 10.7 Å². The van der Waals surface area contributed by atoms with E-state index >= 15 is 0 Å². The van der Waals surface area contributed by atoms with Crippen LogP contribution < -0.4 is 16.4 Å². The van der Waals surface area contributed by atoms with Crippen LogP contribution in [0, 0.1) is 10.1 Å². The largest absolute Gasteiger partial charge is 0.419 e. The molecule has 0 fully saturated rings. The second-order valence-corrected chi connectivity index (χ2v) is 8.04. The molecule has 168 valence electrons. The van der Waals surface area contributed by atoms with Gasteiger partial charge in [-0.05, 0) is 48.2 Å². The Bertz CT molecular complexity index is 1370. The number of carbonyl (C=O) groups is 2. The fourth-order valence-corrected chi connectivity index (χ4v) is 3.86. The monoisotopic (exact) mass is 466 g/mol. The summed E-state index contributed by atoms with van der Waals surface area (Å²) in [5.41, 5.74) is 1.58. The predicted octanol–water partition coefficient (Wildman–Crippen LogP) is 4.24. The summed E-state index contributed by atoms with van der Waals surface area (Å²) < 4.78 is 6.42. The summed E-state index contributed by atoms with van der Waals surface area (Å²) in [6.07, 6.45) is 0.523. The van der Waals surface area contributed by atoms with Gasteiger partial charge in [-0.25, -0.2) is 4.79 Å². The number of nitrogens with zero attached hydrogens (tertiary/aromatic N) is 2. The maximum Gasteiger partial charge on any atom is 0.419 e. The first kappa shape index (κ1) is 22.0. The molecule has 0 unspecified atom stereocenters. The average molecular weight is 466 g/mol. The van der Waals surface area contributed by atoms with E-state index in [9.17, 15) is 24.5 Å². The molecule has 33 heavy (non-hydrogen) atoms. The summed E-state index contributed by atoms with van der Waals surface area (Å²) in [4.78, 5) is 47.3. The molecule has 0 aliphatic rings. The molecule has 0 aliphatic carbocycles. The SMILES string of the molecule is O=C(CCCn1c(=O)oc2cc([N+](=O)[O-])ccc21)Nc1ccc(NC(=O)c2cccs2)cc1. The van der Waals surface area contributed by atoms with Crippen molar-refractivity contribution in [1.29, 1.82) is 0 Å². The summed E-state index contributed by atoms with van der Waals surface area (Å²) >= 11 is 1.35. The Morgan fingerprint density at radius 2 is 1.79 bits per heavy atom. The number of amides is 2. The predicted molar refractivity (Wildman–Crippen MR) is 124 cm³/mol. The number of thiophene rings is 1. The first-order valence-corrected chi connectivity index (χ1v) is 10.8. The number of aromatic nitrogens is 1. The van der Waals surface area contributed by atoms with Crippen LogP contribution >= 0.6 is 11.3 Å². The Labute approximate surface area is 190 Å². The van der Waals surface area contributed by atoms with Crippen molar-refractivity contribution in [3.05, 3.63) is 85.5 Å². The molecule has 2 N–H and O–H groups in total. The van der Waals surface area contributed by atoms with Crippen LogP contribution in [0.2, 0.25) is 0 Å². The van der Waals surface area contributed by atoms with Crippen molar-refractivity contribution in [3.8, 4) is 0 Å². The van der Waals surface area contributed by atoms with Crippen LogP contribution in [0.5, 0.6) is 0 Å². The van der Waals surface area contributed by atoms with E-state index in [0.717, 1.165) is 0 Å². The molecule has 0 bridgehead atoms. The fraction of sp³-hybridized carbons (Fsp3) is 0.136. The molecule has 4 rings (SSSR count). The number of anilines is 2. The van der Waals surface area contributed by atoms with Crippen LogP contribution in [-0.4, -0.2) is 21.3 Å². The summed E-state index contributed by atoms with van der Waals surface area (Å²) in [6.45, 7) is 0.227. The van der Waals surface area contributed by atoms with Crippen LogP contribution in [0.3, 0.4) is 0 Å². The van der Waals surface area contributed by atoms with Crippen molar-refractivity contribution < 1.29 is 18.9 Å². The van der Waals surface area contributed by atoms with Crippen molar-refractivity contribution >= 4 is 51.3 Å². The molecule has 2 aromatic heterocycles. The van der Waals surface area contributed by atoms with Gasteiger partial charge in [0.2, 0.25) is 5.91 Å². The first-order valence-electron chi connectivity index (χ1n) is 9.93. The molecule has 0 spiro atoms. The molecular weight excluding hydrogens is 448 g/mol. The van der Waals surface area contributed by atoms with Gasteiger partial charge >= 0.3 is 5.76 Å². The fourth-order valence-electron chi connectivity index (χ4n) is 3.24. The Balaban J connectivity index is 1.30. The van der Waals surface area contributed by atoms with E-state index in [2.05, 4.69) is 10.6 Å². The van der Waals surface area contributed by atoms with Crippen LogP contribution in [0.1, 0.15) is 22.5 Å². The third kappa shape index (κ3) is 5.15. The Morgan fingerprint density at radius 3 is 2.45 bits per heavy atom. The zero-order chi connectivity index (χ0) is 23.4. The molecule has 0 aliphatic heterocycles. The third-order valence-corrected chi connectivity index (χ3v) is 5.69. The minimum absolute atomic E-state index is 0.130. The third-order valence-electron chi connectivity index (χ3n) is 4.82. The average Bonchev–Trinajstić information content (AvgIpc) is 3.43. The van der Waals surface area contributed by atoms with Gasteiger partial charge < -0.3 is 15.1 Å². The Hall–Kier alpha value is -4.25. The Morgan fingerprint density at radius 1 is 1.06 bits per heavy atom. The summed E-state index contributed by atoms with van der Waals surface area (Å²) in [5, 5.41) is 18.2. The zero-order valence-electron chi connectivity index (χ0n) is 17.1.